The fourth-order valence-electron chi connectivity index (χ4n) is 0.837. The average molecular weight is 223 g/mol. The summed E-state index contributed by atoms with van der Waals surface area (Å²) < 4.78 is 48.5. The van der Waals surface area contributed by atoms with Crippen molar-refractivity contribution in [1.82, 2.24) is 9.97 Å². The molecule has 3 nitrogen and oxygen atoms in total. The number of aromatic nitrogens is 2. The second-order valence-corrected chi connectivity index (χ2v) is 2.96. The molecule has 1 heterocycles. The number of hydrogen-bond donors (Lipinski definition) is 1. The lowest BCUT2D eigenvalue weighted by Gasteiger charge is -2.15. The van der Waals surface area contributed by atoms with Crippen LogP contribution in [0, 0.1) is 6.92 Å². The monoisotopic (exact) mass is 223 g/mol. The van der Waals surface area contributed by atoms with Crippen LogP contribution in [0.4, 0.5) is 23.4 Å². The molecule has 0 amide bonds. The van der Waals surface area contributed by atoms with E-state index in [1.807, 2.05) is 0 Å². The molecular formula is C8H9F4N3. The van der Waals surface area contributed by atoms with Crippen LogP contribution in [0.2, 0.25) is 0 Å². The van der Waals surface area contributed by atoms with Crippen molar-refractivity contribution in [2.75, 3.05) is 11.9 Å². The lowest BCUT2D eigenvalue weighted by Crippen LogP contribution is -2.35. The Labute approximate surface area is 83.5 Å². The molecule has 0 atom stereocenters. The number of hydrogen-bond acceptors (Lipinski definition) is 3. The average Bonchev–Trinajstić information content (AvgIpc) is 2.15. The van der Waals surface area contributed by atoms with Crippen LogP contribution in [-0.4, -0.2) is 28.9 Å². The van der Waals surface area contributed by atoms with Gasteiger partial charge in [-0.15, -0.1) is 0 Å². The Hall–Kier alpha value is -1.40. The van der Waals surface area contributed by atoms with Crippen LogP contribution in [0.3, 0.4) is 0 Å². The number of nitrogens with one attached hydrogen (secondary N) is 1. The maximum atomic E-state index is 12.5. The maximum absolute atomic E-state index is 12.5. The largest absolute Gasteiger partial charge is 0.364 e. The first kappa shape index (κ1) is 11.7. The molecule has 0 aliphatic heterocycles. The minimum absolute atomic E-state index is 0.0998. The van der Waals surface area contributed by atoms with E-state index < -0.39 is 18.9 Å². The Bertz CT molecular complexity index is 329. The van der Waals surface area contributed by atoms with E-state index in [0.29, 0.717) is 5.69 Å². The van der Waals surface area contributed by atoms with Gasteiger partial charge in [0.05, 0.1) is 6.54 Å². The highest BCUT2D eigenvalue weighted by molar-refractivity contribution is 5.34. The van der Waals surface area contributed by atoms with Gasteiger partial charge in [0, 0.05) is 11.8 Å². The van der Waals surface area contributed by atoms with Gasteiger partial charge in [-0.1, -0.05) is 0 Å². The lowest BCUT2D eigenvalue weighted by atomic mass is 10.3. The van der Waals surface area contributed by atoms with Crippen molar-refractivity contribution in [3.63, 3.8) is 0 Å². The quantitative estimate of drug-likeness (QED) is 0.794. The molecule has 84 valence electrons. The molecule has 0 aliphatic rings. The number of rotatable bonds is 4. The number of aryl methyl sites for hydroxylation is 1. The highest BCUT2D eigenvalue weighted by atomic mass is 19.3. The Morgan fingerprint density at radius 2 is 2.07 bits per heavy atom. The molecular weight excluding hydrogens is 214 g/mol. The zero-order valence-electron chi connectivity index (χ0n) is 7.85. The van der Waals surface area contributed by atoms with Crippen LogP contribution >= 0.6 is 0 Å². The van der Waals surface area contributed by atoms with Crippen LogP contribution in [0.15, 0.2) is 12.4 Å². The van der Waals surface area contributed by atoms with Crippen molar-refractivity contribution in [1.29, 1.82) is 0 Å². The van der Waals surface area contributed by atoms with E-state index >= 15 is 0 Å². The Morgan fingerprint density at radius 3 is 2.60 bits per heavy atom. The molecule has 0 unspecified atom stereocenters. The SMILES string of the molecule is Cc1cc(NCC(F)(F)C(F)F)ncn1. The van der Waals surface area contributed by atoms with E-state index in [1.165, 1.54) is 6.07 Å². The molecule has 1 aromatic rings. The molecule has 0 saturated carbocycles. The molecule has 0 saturated heterocycles. The zero-order chi connectivity index (χ0) is 11.5. The highest BCUT2D eigenvalue weighted by Gasteiger charge is 2.40. The van der Waals surface area contributed by atoms with Crippen LogP contribution in [0.5, 0.6) is 0 Å². The molecule has 1 rings (SSSR count). The summed E-state index contributed by atoms with van der Waals surface area (Å²) in [5.41, 5.74) is 0.563. The third-order valence-corrected chi connectivity index (χ3v) is 1.63. The summed E-state index contributed by atoms with van der Waals surface area (Å²) in [6.07, 6.45) is -2.52. The second kappa shape index (κ2) is 4.41. The summed E-state index contributed by atoms with van der Waals surface area (Å²) >= 11 is 0. The van der Waals surface area contributed by atoms with Crippen molar-refractivity contribution in [3.8, 4) is 0 Å². The van der Waals surface area contributed by atoms with E-state index in [0.717, 1.165) is 6.33 Å². The van der Waals surface area contributed by atoms with E-state index in [1.54, 1.807) is 6.92 Å². The van der Waals surface area contributed by atoms with E-state index in [-0.39, 0.29) is 5.82 Å². The Morgan fingerprint density at radius 1 is 1.40 bits per heavy atom. The van der Waals surface area contributed by atoms with E-state index in [2.05, 4.69) is 15.3 Å². The molecule has 0 radical (unpaired) electrons. The first-order chi connectivity index (χ1) is 6.92. The fraction of sp³-hybridized carbons (Fsp3) is 0.500. The molecule has 0 spiro atoms. The number of halogens is 4. The zero-order valence-corrected chi connectivity index (χ0v) is 7.85. The first-order valence-electron chi connectivity index (χ1n) is 4.10. The van der Waals surface area contributed by atoms with Crippen LogP contribution < -0.4 is 5.32 Å². The number of alkyl halides is 4. The summed E-state index contributed by atoms with van der Waals surface area (Å²) in [4.78, 5) is 7.33. The van der Waals surface area contributed by atoms with Crippen LogP contribution in [0.25, 0.3) is 0 Å². The van der Waals surface area contributed by atoms with Crippen LogP contribution in [-0.2, 0) is 0 Å². The van der Waals surface area contributed by atoms with Crippen molar-refractivity contribution >= 4 is 5.82 Å². The minimum atomic E-state index is -4.06. The topological polar surface area (TPSA) is 37.8 Å². The van der Waals surface area contributed by atoms with Crippen molar-refractivity contribution < 1.29 is 17.6 Å². The maximum Gasteiger partial charge on any atom is 0.324 e. The summed E-state index contributed by atoms with van der Waals surface area (Å²) in [7, 11) is 0. The molecule has 0 aromatic carbocycles. The molecule has 0 fully saturated rings. The van der Waals surface area contributed by atoms with E-state index in [4.69, 9.17) is 0 Å². The smallest absolute Gasteiger partial charge is 0.324 e. The van der Waals surface area contributed by atoms with Gasteiger partial charge in [0.1, 0.15) is 12.1 Å². The molecule has 1 N–H and O–H groups in total. The van der Waals surface area contributed by atoms with Crippen LogP contribution in [0.1, 0.15) is 5.69 Å². The van der Waals surface area contributed by atoms with Gasteiger partial charge in [-0.05, 0) is 6.92 Å². The van der Waals surface area contributed by atoms with Gasteiger partial charge < -0.3 is 5.32 Å². The molecule has 15 heavy (non-hydrogen) atoms. The number of nitrogens with zero attached hydrogens (tertiary/aromatic N) is 2. The summed E-state index contributed by atoms with van der Waals surface area (Å²) in [5, 5.41) is 2.13. The van der Waals surface area contributed by atoms with E-state index in [9.17, 15) is 17.6 Å². The standard InChI is InChI=1S/C8H9F4N3/c1-5-2-6(15-4-14-5)13-3-8(11,12)7(9)10/h2,4,7H,3H2,1H3,(H,13,14,15). The number of anilines is 1. The third kappa shape index (κ3) is 3.34. The predicted molar refractivity (Wildman–Crippen MR) is 46.2 cm³/mol. The summed E-state index contributed by atoms with van der Waals surface area (Å²) in [6.45, 7) is 0.485. The highest BCUT2D eigenvalue weighted by Crippen LogP contribution is 2.22. The molecule has 7 heteroatoms. The summed E-state index contributed by atoms with van der Waals surface area (Å²) in [6, 6.07) is 1.39. The van der Waals surface area contributed by atoms with Crippen molar-refractivity contribution in [2.24, 2.45) is 0 Å². The predicted octanol–water partition coefficient (Wildman–Crippen LogP) is 2.10. The lowest BCUT2D eigenvalue weighted by molar-refractivity contribution is -0.117. The van der Waals surface area contributed by atoms with Gasteiger partial charge >= 0.3 is 12.3 Å². The van der Waals surface area contributed by atoms with Crippen molar-refractivity contribution in [2.45, 2.75) is 19.3 Å². The Balaban J connectivity index is 2.57. The summed E-state index contributed by atoms with van der Waals surface area (Å²) in [5.74, 6) is -3.96. The van der Waals surface area contributed by atoms with Gasteiger partial charge in [-0.3, -0.25) is 0 Å². The van der Waals surface area contributed by atoms with Gasteiger partial charge in [-0.25, -0.2) is 18.7 Å². The van der Waals surface area contributed by atoms with Crippen molar-refractivity contribution in [3.05, 3.63) is 18.1 Å². The second-order valence-electron chi connectivity index (χ2n) is 2.96. The fourth-order valence-corrected chi connectivity index (χ4v) is 0.837. The van der Waals surface area contributed by atoms with Gasteiger partial charge in [0.2, 0.25) is 0 Å². The van der Waals surface area contributed by atoms with Gasteiger partial charge in [0.15, 0.2) is 0 Å². The Kier molecular flexibility index (Phi) is 3.43. The first-order valence-corrected chi connectivity index (χ1v) is 4.10. The normalized spacial score (nSPS) is 11.9. The third-order valence-electron chi connectivity index (χ3n) is 1.63. The molecule has 0 bridgehead atoms. The molecule has 1 aromatic heterocycles. The molecule has 0 aliphatic carbocycles. The van der Waals surface area contributed by atoms with Gasteiger partial charge in [0.25, 0.3) is 0 Å². The van der Waals surface area contributed by atoms with Gasteiger partial charge in [-0.2, -0.15) is 8.78 Å². The minimum Gasteiger partial charge on any atom is -0.364 e.